The number of carbonyl (C=O) groups is 1. The van der Waals surface area contributed by atoms with Crippen molar-refractivity contribution >= 4 is 17.7 Å². The first kappa shape index (κ1) is 18.5. The molecule has 1 saturated carbocycles. The van der Waals surface area contributed by atoms with Crippen molar-refractivity contribution < 1.29 is 4.79 Å². The summed E-state index contributed by atoms with van der Waals surface area (Å²) in [5.74, 6) is 2.16. The van der Waals surface area contributed by atoms with Gasteiger partial charge in [0.05, 0.1) is 5.75 Å². The van der Waals surface area contributed by atoms with Crippen molar-refractivity contribution in [3.05, 3.63) is 29.8 Å². The molecule has 2 fully saturated rings. The minimum Gasteiger partial charge on any atom is -0.339 e. The summed E-state index contributed by atoms with van der Waals surface area (Å²) in [5.41, 5.74) is 2.33. The van der Waals surface area contributed by atoms with Crippen molar-refractivity contribution in [3.8, 4) is 11.4 Å². The Kier molecular flexibility index (Phi) is 5.81. The second kappa shape index (κ2) is 8.46. The predicted octanol–water partition coefficient (Wildman–Crippen LogP) is 4.31. The van der Waals surface area contributed by atoms with Gasteiger partial charge >= 0.3 is 0 Å². The number of rotatable bonds is 5. The maximum atomic E-state index is 12.8. The van der Waals surface area contributed by atoms with Gasteiger partial charge in [-0.15, -0.1) is 5.10 Å². The zero-order chi connectivity index (χ0) is 18.6. The van der Waals surface area contributed by atoms with Crippen LogP contribution < -0.4 is 0 Å². The van der Waals surface area contributed by atoms with Gasteiger partial charge in [0.1, 0.15) is 0 Å². The number of aryl methyl sites for hydroxylation is 1. The number of amides is 1. The van der Waals surface area contributed by atoms with Crippen LogP contribution in [0.1, 0.15) is 51.0 Å². The third-order valence-electron chi connectivity index (χ3n) is 5.99. The van der Waals surface area contributed by atoms with E-state index in [1.54, 1.807) is 0 Å². The van der Waals surface area contributed by atoms with E-state index in [1.807, 2.05) is 0 Å². The number of hydrogen-bond acceptors (Lipinski definition) is 4. The molecule has 0 radical (unpaired) electrons. The summed E-state index contributed by atoms with van der Waals surface area (Å²) >= 11 is 1.44. The Hall–Kier alpha value is -1.82. The highest BCUT2D eigenvalue weighted by atomic mass is 32.2. The standard InChI is InChI=1S/C21H28N4OS/c1-2-15-9-11-17(12-10-15)20-22-21(24-23-20)27-14-19(26)25-13-5-7-16-6-3-4-8-18(16)25/h9-12,16,18H,2-8,13-14H2,1H3,(H,22,23,24)/t16-,18+/m0/s1. The van der Waals surface area contributed by atoms with E-state index in [0.29, 0.717) is 17.0 Å². The summed E-state index contributed by atoms with van der Waals surface area (Å²) in [6, 6.07) is 8.84. The molecular formula is C21H28N4OS. The summed E-state index contributed by atoms with van der Waals surface area (Å²) in [4.78, 5) is 19.5. The molecule has 0 spiro atoms. The number of benzene rings is 1. The molecule has 0 bridgehead atoms. The molecule has 1 N–H and O–H groups in total. The number of nitrogens with one attached hydrogen (secondary N) is 1. The molecule has 2 aliphatic rings. The van der Waals surface area contributed by atoms with Crippen molar-refractivity contribution in [1.29, 1.82) is 0 Å². The fraction of sp³-hybridized carbons (Fsp3) is 0.571. The van der Waals surface area contributed by atoms with E-state index >= 15 is 0 Å². The van der Waals surface area contributed by atoms with E-state index in [4.69, 9.17) is 0 Å². The zero-order valence-corrected chi connectivity index (χ0v) is 16.8. The van der Waals surface area contributed by atoms with E-state index in [-0.39, 0.29) is 5.91 Å². The average Bonchev–Trinajstić information content (AvgIpc) is 3.20. The number of aromatic amines is 1. The lowest BCUT2D eigenvalue weighted by Gasteiger charge is -2.44. The predicted molar refractivity (Wildman–Crippen MR) is 109 cm³/mol. The Morgan fingerprint density at radius 1 is 1.19 bits per heavy atom. The van der Waals surface area contributed by atoms with Crippen LogP contribution in [-0.2, 0) is 11.2 Å². The maximum Gasteiger partial charge on any atom is 0.233 e. The number of thioether (sulfide) groups is 1. The van der Waals surface area contributed by atoms with Crippen LogP contribution in [0.4, 0.5) is 0 Å². The Balaban J connectivity index is 1.35. The second-order valence-corrected chi connectivity index (χ2v) is 8.59. The molecule has 1 amide bonds. The van der Waals surface area contributed by atoms with Crippen LogP contribution in [0.15, 0.2) is 29.4 Å². The van der Waals surface area contributed by atoms with Crippen LogP contribution in [0, 0.1) is 5.92 Å². The number of fused-ring (bicyclic) bond motifs is 1. The molecule has 4 rings (SSSR count). The molecule has 6 heteroatoms. The quantitative estimate of drug-likeness (QED) is 0.781. The molecule has 1 aliphatic heterocycles. The van der Waals surface area contributed by atoms with Crippen molar-refractivity contribution in [1.82, 2.24) is 20.1 Å². The first-order valence-electron chi connectivity index (χ1n) is 10.2. The smallest absolute Gasteiger partial charge is 0.233 e. The Bertz CT molecular complexity index is 771. The minimum atomic E-state index is 0.246. The highest BCUT2D eigenvalue weighted by Crippen LogP contribution is 2.35. The minimum absolute atomic E-state index is 0.246. The molecule has 27 heavy (non-hydrogen) atoms. The Morgan fingerprint density at radius 2 is 1.96 bits per heavy atom. The fourth-order valence-electron chi connectivity index (χ4n) is 4.48. The summed E-state index contributed by atoms with van der Waals surface area (Å²) in [5, 5.41) is 7.94. The van der Waals surface area contributed by atoms with E-state index in [2.05, 4.69) is 51.3 Å². The third kappa shape index (κ3) is 4.21. The monoisotopic (exact) mass is 384 g/mol. The first-order valence-corrected chi connectivity index (χ1v) is 11.2. The Labute approximate surface area is 165 Å². The van der Waals surface area contributed by atoms with Crippen LogP contribution in [0.25, 0.3) is 11.4 Å². The molecule has 5 nitrogen and oxygen atoms in total. The van der Waals surface area contributed by atoms with E-state index in [0.717, 1.165) is 36.7 Å². The normalized spacial score (nSPS) is 22.5. The van der Waals surface area contributed by atoms with Crippen molar-refractivity contribution in [2.24, 2.45) is 5.92 Å². The number of piperidine rings is 1. The molecular weight excluding hydrogens is 356 g/mol. The lowest BCUT2D eigenvalue weighted by Crippen LogP contribution is -2.50. The van der Waals surface area contributed by atoms with E-state index in [1.165, 1.54) is 49.4 Å². The number of nitrogens with zero attached hydrogens (tertiary/aromatic N) is 3. The Morgan fingerprint density at radius 3 is 2.78 bits per heavy atom. The van der Waals surface area contributed by atoms with Crippen molar-refractivity contribution in [3.63, 3.8) is 0 Å². The SMILES string of the molecule is CCc1ccc(-c2nc(SCC(=O)N3CCC[C@@H]4CCCC[C@H]43)n[nH]2)cc1. The van der Waals surface area contributed by atoms with Gasteiger partial charge < -0.3 is 4.90 Å². The highest BCUT2D eigenvalue weighted by molar-refractivity contribution is 7.99. The van der Waals surface area contributed by atoms with Crippen LogP contribution in [-0.4, -0.2) is 44.3 Å². The lowest BCUT2D eigenvalue weighted by atomic mass is 9.78. The molecule has 2 heterocycles. The average molecular weight is 385 g/mol. The number of H-pyrrole nitrogens is 1. The van der Waals surface area contributed by atoms with Crippen LogP contribution in [0.3, 0.4) is 0 Å². The van der Waals surface area contributed by atoms with E-state index < -0.39 is 0 Å². The fourth-order valence-corrected chi connectivity index (χ4v) is 5.17. The first-order chi connectivity index (χ1) is 13.2. The van der Waals surface area contributed by atoms with Crippen molar-refractivity contribution in [2.75, 3.05) is 12.3 Å². The molecule has 1 saturated heterocycles. The second-order valence-electron chi connectivity index (χ2n) is 7.65. The number of likely N-dealkylation sites (tertiary alicyclic amines) is 1. The summed E-state index contributed by atoms with van der Waals surface area (Å²) < 4.78 is 0. The summed E-state index contributed by atoms with van der Waals surface area (Å²) in [6.07, 6.45) is 8.54. The number of aromatic nitrogens is 3. The molecule has 2 aromatic rings. The third-order valence-corrected chi connectivity index (χ3v) is 6.82. The van der Waals surface area contributed by atoms with Crippen LogP contribution in [0.5, 0.6) is 0 Å². The van der Waals surface area contributed by atoms with Gasteiger partial charge in [-0.25, -0.2) is 4.98 Å². The van der Waals surface area contributed by atoms with Gasteiger partial charge in [0.25, 0.3) is 0 Å². The molecule has 144 valence electrons. The van der Waals surface area contributed by atoms with Gasteiger partial charge in [-0.2, -0.15) is 0 Å². The zero-order valence-electron chi connectivity index (χ0n) is 16.0. The molecule has 1 aliphatic carbocycles. The van der Waals surface area contributed by atoms with Crippen molar-refractivity contribution in [2.45, 2.75) is 63.1 Å². The van der Waals surface area contributed by atoms with Gasteiger partial charge in [-0.05, 0) is 43.6 Å². The van der Waals surface area contributed by atoms with Gasteiger partial charge in [0, 0.05) is 18.2 Å². The number of carbonyl (C=O) groups excluding carboxylic acids is 1. The van der Waals surface area contributed by atoms with E-state index in [9.17, 15) is 4.79 Å². The maximum absolute atomic E-state index is 12.8. The highest BCUT2D eigenvalue weighted by Gasteiger charge is 2.35. The van der Waals surface area contributed by atoms with Gasteiger partial charge in [0.2, 0.25) is 11.1 Å². The molecule has 1 aromatic heterocycles. The summed E-state index contributed by atoms with van der Waals surface area (Å²) in [7, 11) is 0. The van der Waals surface area contributed by atoms with Crippen LogP contribution in [0.2, 0.25) is 0 Å². The topological polar surface area (TPSA) is 61.9 Å². The summed E-state index contributed by atoms with van der Waals surface area (Å²) in [6.45, 7) is 3.07. The van der Waals surface area contributed by atoms with Gasteiger partial charge in [0.15, 0.2) is 5.82 Å². The lowest BCUT2D eigenvalue weighted by molar-refractivity contribution is -0.134. The molecule has 1 aromatic carbocycles. The molecule has 2 atom stereocenters. The van der Waals surface area contributed by atoms with Gasteiger partial charge in [-0.3, -0.25) is 9.89 Å². The molecule has 0 unspecified atom stereocenters. The van der Waals surface area contributed by atoms with Gasteiger partial charge in [-0.1, -0.05) is 55.8 Å². The van der Waals surface area contributed by atoms with Crippen LogP contribution >= 0.6 is 11.8 Å². The largest absolute Gasteiger partial charge is 0.339 e. The number of hydrogen-bond donors (Lipinski definition) is 1.